The highest BCUT2D eigenvalue weighted by molar-refractivity contribution is 5.98. The van der Waals surface area contributed by atoms with Crippen LogP contribution in [0.3, 0.4) is 0 Å². The van der Waals surface area contributed by atoms with Crippen LogP contribution in [0.5, 0.6) is 0 Å². The molecule has 0 N–H and O–H groups in total. The molecule has 0 spiro atoms. The van der Waals surface area contributed by atoms with Crippen molar-refractivity contribution in [1.82, 2.24) is 4.90 Å². The van der Waals surface area contributed by atoms with Gasteiger partial charge in [-0.3, -0.25) is 9.59 Å². The maximum absolute atomic E-state index is 12.5. The third kappa shape index (κ3) is 4.22. The van der Waals surface area contributed by atoms with E-state index in [-0.39, 0.29) is 5.91 Å². The van der Waals surface area contributed by atoms with Crippen LogP contribution in [0.25, 0.3) is 0 Å². The van der Waals surface area contributed by atoms with Crippen LogP contribution in [-0.2, 0) is 14.3 Å². The highest BCUT2D eigenvalue weighted by Gasteiger charge is 2.40. The lowest BCUT2D eigenvalue weighted by Crippen LogP contribution is -2.46. The summed E-state index contributed by atoms with van der Waals surface area (Å²) >= 11 is 0. The average Bonchev–Trinajstić information content (AvgIpc) is 2.21. The zero-order valence-corrected chi connectivity index (χ0v) is 12.9. The van der Waals surface area contributed by atoms with Crippen LogP contribution in [0.1, 0.15) is 47.0 Å². The normalized spacial score (nSPS) is 17.5. The number of esters is 1. The monoisotopic (exact) mass is 269 g/mol. The molecular weight excluding hydrogens is 242 g/mol. The number of carbonyl (C=O) groups is 2. The molecule has 0 saturated heterocycles. The third-order valence-electron chi connectivity index (χ3n) is 3.77. The molecule has 0 bridgehead atoms. The second kappa shape index (κ2) is 6.40. The number of nitrogens with zero attached hydrogens (tertiary/aromatic N) is 1. The van der Waals surface area contributed by atoms with Crippen molar-refractivity contribution >= 4 is 11.9 Å². The zero-order valence-electron chi connectivity index (χ0n) is 12.9. The topological polar surface area (TPSA) is 46.6 Å². The van der Waals surface area contributed by atoms with Crippen molar-refractivity contribution in [1.29, 1.82) is 0 Å². The first-order valence-electron chi connectivity index (χ1n) is 7.19. The Hall–Kier alpha value is -1.06. The molecule has 1 rings (SSSR count). The van der Waals surface area contributed by atoms with Gasteiger partial charge >= 0.3 is 5.97 Å². The first-order valence-corrected chi connectivity index (χ1v) is 7.19. The number of carbonyl (C=O) groups excluding carboxylic acids is 2. The third-order valence-corrected chi connectivity index (χ3v) is 3.77. The number of ether oxygens (including phenoxy) is 1. The van der Waals surface area contributed by atoms with Crippen molar-refractivity contribution in [2.45, 2.75) is 47.0 Å². The van der Waals surface area contributed by atoms with Gasteiger partial charge < -0.3 is 9.64 Å². The molecule has 0 aromatic heterocycles. The van der Waals surface area contributed by atoms with Crippen LogP contribution in [0, 0.1) is 17.3 Å². The van der Waals surface area contributed by atoms with E-state index in [9.17, 15) is 9.59 Å². The van der Waals surface area contributed by atoms with Gasteiger partial charge in [0.15, 0.2) is 0 Å². The van der Waals surface area contributed by atoms with Gasteiger partial charge in [0.05, 0.1) is 6.61 Å². The highest BCUT2D eigenvalue weighted by atomic mass is 16.5. The molecule has 0 heterocycles. The van der Waals surface area contributed by atoms with Crippen LogP contribution in [-0.4, -0.2) is 37.0 Å². The molecule has 1 aliphatic rings. The summed E-state index contributed by atoms with van der Waals surface area (Å²) in [6, 6.07) is 0. The van der Waals surface area contributed by atoms with Crippen molar-refractivity contribution in [2.24, 2.45) is 17.3 Å². The van der Waals surface area contributed by atoms with E-state index in [2.05, 4.69) is 0 Å². The molecule has 0 aromatic rings. The van der Waals surface area contributed by atoms with Crippen LogP contribution < -0.4 is 0 Å². The van der Waals surface area contributed by atoms with Gasteiger partial charge in [0.2, 0.25) is 5.91 Å². The Bertz CT molecular complexity index is 329. The fraction of sp³-hybridized carbons (Fsp3) is 0.867. The summed E-state index contributed by atoms with van der Waals surface area (Å²) in [5.41, 5.74) is -0.419. The van der Waals surface area contributed by atoms with Crippen molar-refractivity contribution in [2.75, 3.05) is 20.2 Å². The van der Waals surface area contributed by atoms with Gasteiger partial charge in [0.1, 0.15) is 5.92 Å². The van der Waals surface area contributed by atoms with Crippen molar-refractivity contribution < 1.29 is 14.3 Å². The lowest BCUT2D eigenvalue weighted by atomic mass is 9.79. The van der Waals surface area contributed by atoms with E-state index < -0.39 is 17.3 Å². The molecule has 110 valence electrons. The Balaban J connectivity index is 2.72. The van der Waals surface area contributed by atoms with Crippen LogP contribution in [0.4, 0.5) is 0 Å². The molecule has 1 aliphatic carbocycles. The Kier molecular flexibility index (Phi) is 5.39. The Morgan fingerprint density at radius 3 is 2.26 bits per heavy atom. The second-order valence-electron chi connectivity index (χ2n) is 6.57. The first kappa shape index (κ1) is 16.0. The Morgan fingerprint density at radius 1 is 1.32 bits per heavy atom. The minimum absolute atomic E-state index is 0.113. The van der Waals surface area contributed by atoms with Gasteiger partial charge in [-0.2, -0.15) is 0 Å². The molecule has 4 heteroatoms. The van der Waals surface area contributed by atoms with E-state index in [1.807, 2.05) is 20.8 Å². The predicted octanol–water partition coefficient (Wildman–Crippen LogP) is 2.47. The summed E-state index contributed by atoms with van der Waals surface area (Å²) in [5.74, 6) is -0.618. The van der Waals surface area contributed by atoms with E-state index in [1.165, 1.54) is 19.3 Å². The highest BCUT2D eigenvalue weighted by Crippen LogP contribution is 2.31. The predicted molar refractivity (Wildman–Crippen MR) is 74.6 cm³/mol. The molecule has 19 heavy (non-hydrogen) atoms. The van der Waals surface area contributed by atoms with E-state index in [4.69, 9.17) is 4.74 Å². The van der Waals surface area contributed by atoms with Gasteiger partial charge in [-0.15, -0.1) is 0 Å². The lowest BCUT2D eigenvalue weighted by Gasteiger charge is -2.35. The molecule has 1 unspecified atom stereocenters. The fourth-order valence-electron chi connectivity index (χ4n) is 2.42. The molecule has 4 nitrogen and oxygen atoms in total. The van der Waals surface area contributed by atoms with Crippen LogP contribution in [0.15, 0.2) is 0 Å². The molecule has 1 amide bonds. The summed E-state index contributed by atoms with van der Waals surface area (Å²) in [6.07, 6.45) is 3.64. The summed E-state index contributed by atoms with van der Waals surface area (Å²) in [5, 5.41) is 0. The largest absolute Gasteiger partial charge is 0.465 e. The molecule has 0 aromatic carbocycles. The fourth-order valence-corrected chi connectivity index (χ4v) is 2.42. The molecular formula is C15H27NO3. The van der Waals surface area contributed by atoms with E-state index in [1.54, 1.807) is 18.9 Å². The minimum Gasteiger partial charge on any atom is -0.465 e. The van der Waals surface area contributed by atoms with Gasteiger partial charge in [-0.1, -0.05) is 27.2 Å². The summed E-state index contributed by atoms with van der Waals surface area (Å²) in [6.45, 7) is 8.55. The van der Waals surface area contributed by atoms with E-state index in [0.29, 0.717) is 12.5 Å². The van der Waals surface area contributed by atoms with Gasteiger partial charge in [0.25, 0.3) is 0 Å². The lowest BCUT2D eigenvalue weighted by molar-refractivity contribution is -0.160. The first-order chi connectivity index (χ1) is 8.77. The quantitative estimate of drug-likeness (QED) is 0.569. The van der Waals surface area contributed by atoms with Gasteiger partial charge in [-0.05, 0) is 31.1 Å². The number of rotatable bonds is 5. The maximum atomic E-state index is 12.5. The van der Waals surface area contributed by atoms with Crippen molar-refractivity contribution in [3.05, 3.63) is 0 Å². The van der Waals surface area contributed by atoms with Crippen molar-refractivity contribution in [3.63, 3.8) is 0 Å². The zero-order chi connectivity index (χ0) is 14.6. The summed E-state index contributed by atoms with van der Waals surface area (Å²) < 4.78 is 5.06. The standard InChI is InChI=1S/C15H27NO3/c1-6-19-14(18)12(15(2,3)4)13(17)16(5)10-11-8-7-9-11/h11-12H,6-10H2,1-5H3. The summed E-state index contributed by atoms with van der Waals surface area (Å²) in [4.78, 5) is 26.2. The number of hydrogen-bond acceptors (Lipinski definition) is 3. The van der Waals surface area contributed by atoms with E-state index in [0.717, 1.165) is 6.54 Å². The smallest absolute Gasteiger partial charge is 0.319 e. The molecule has 0 radical (unpaired) electrons. The molecule has 1 fully saturated rings. The van der Waals surface area contributed by atoms with Crippen LogP contribution >= 0.6 is 0 Å². The Labute approximate surface area is 116 Å². The average molecular weight is 269 g/mol. The van der Waals surface area contributed by atoms with Crippen molar-refractivity contribution in [3.8, 4) is 0 Å². The molecule has 1 saturated carbocycles. The SMILES string of the molecule is CCOC(=O)C(C(=O)N(C)CC1CCC1)C(C)(C)C. The van der Waals surface area contributed by atoms with Gasteiger partial charge in [-0.25, -0.2) is 0 Å². The second-order valence-corrected chi connectivity index (χ2v) is 6.57. The minimum atomic E-state index is -0.711. The van der Waals surface area contributed by atoms with E-state index >= 15 is 0 Å². The maximum Gasteiger partial charge on any atom is 0.319 e. The summed E-state index contributed by atoms with van der Waals surface area (Å²) in [7, 11) is 1.79. The molecule has 0 aliphatic heterocycles. The Morgan fingerprint density at radius 2 is 1.89 bits per heavy atom. The number of hydrogen-bond donors (Lipinski definition) is 0. The van der Waals surface area contributed by atoms with Gasteiger partial charge in [0, 0.05) is 13.6 Å². The van der Waals surface area contributed by atoms with Crippen LogP contribution in [0.2, 0.25) is 0 Å². The number of amides is 1. The molecule has 1 atom stereocenters.